The van der Waals surface area contributed by atoms with Gasteiger partial charge in [0, 0.05) is 0 Å². The Labute approximate surface area is 87.3 Å². The van der Waals surface area contributed by atoms with Gasteiger partial charge in [0.15, 0.2) is 6.20 Å². The fourth-order valence-corrected chi connectivity index (χ4v) is 1.02. The highest BCUT2D eigenvalue weighted by atomic mass is 35.7. The van der Waals surface area contributed by atoms with Crippen LogP contribution in [0.2, 0.25) is 0 Å². The van der Waals surface area contributed by atoms with Crippen LogP contribution >= 0.6 is 0 Å². The van der Waals surface area contributed by atoms with Crippen LogP contribution in [0.3, 0.4) is 0 Å². The Hall–Kier alpha value is -0.970. The number of halogens is 1. The van der Waals surface area contributed by atoms with E-state index in [1.165, 1.54) is 0 Å². The fourth-order valence-electron chi connectivity index (χ4n) is 1.02. The van der Waals surface area contributed by atoms with Crippen LogP contribution in [0.1, 0.15) is 0 Å². The average molecular weight is 244 g/mol. The van der Waals surface area contributed by atoms with E-state index in [0.717, 1.165) is 4.90 Å². The van der Waals surface area contributed by atoms with E-state index in [0.29, 0.717) is 6.67 Å². The van der Waals surface area contributed by atoms with Gasteiger partial charge in [-0.2, -0.15) is 0 Å². The molecule has 0 radical (unpaired) electrons. The van der Waals surface area contributed by atoms with Crippen LogP contribution in [0, 0.1) is 20.4 Å². The van der Waals surface area contributed by atoms with Gasteiger partial charge in [-0.25, -0.2) is 23.5 Å². The molecular formula is C5H10ClN3O6. The average Bonchev–Trinajstić information content (AvgIpc) is 2.25. The Kier molecular flexibility index (Phi) is 4.87. The highest BCUT2D eigenvalue weighted by Gasteiger charge is 2.28. The molecule has 0 saturated carbocycles. The Morgan fingerprint density at radius 1 is 1.47 bits per heavy atom. The Morgan fingerprint density at radius 3 is 2.00 bits per heavy atom. The summed E-state index contributed by atoms with van der Waals surface area (Å²) in [5, 5.41) is 10.2. The zero-order valence-electron chi connectivity index (χ0n) is 8.01. The third-order valence-corrected chi connectivity index (χ3v) is 1.44. The van der Waals surface area contributed by atoms with Crippen LogP contribution in [0.15, 0.2) is 12.0 Å². The first-order valence-corrected chi connectivity index (χ1v) is 4.86. The molecule has 0 bridgehead atoms. The van der Waals surface area contributed by atoms with Crippen molar-refractivity contribution in [3.8, 4) is 0 Å². The molecule has 1 N–H and O–H groups in total. The van der Waals surface area contributed by atoms with E-state index in [1.54, 1.807) is 18.1 Å². The molecule has 88 valence electrons. The summed E-state index contributed by atoms with van der Waals surface area (Å²) in [7, 11) is -1.35. The number of rotatable bonds is 1. The molecule has 0 aliphatic carbocycles. The van der Waals surface area contributed by atoms with Gasteiger partial charge in [0.05, 0.1) is 14.1 Å². The van der Waals surface area contributed by atoms with Gasteiger partial charge in [0.1, 0.15) is 0 Å². The van der Waals surface area contributed by atoms with Crippen LogP contribution < -0.4 is 23.5 Å². The van der Waals surface area contributed by atoms with Crippen LogP contribution in [-0.2, 0) is 0 Å². The lowest BCUT2D eigenvalue weighted by Gasteiger charge is -2.17. The van der Waals surface area contributed by atoms with Gasteiger partial charge in [0.2, 0.25) is 6.67 Å². The summed E-state index contributed by atoms with van der Waals surface area (Å²) in [5.74, 6) is 0.192. The standard InChI is InChI=1S/C5H9N3O2.ClHO4/c1-6-3-5(8(9)10)7(2)4-6;2-1(3,4)5/h3H,4H2,1-2H3;(H,2,3,4,5). The summed E-state index contributed by atoms with van der Waals surface area (Å²) in [6.45, 7) is 0.677. The number of nitro groups is 1. The van der Waals surface area contributed by atoms with Crippen molar-refractivity contribution < 1.29 is 38.7 Å². The summed E-state index contributed by atoms with van der Waals surface area (Å²) in [6.07, 6.45) is 1.60. The maximum atomic E-state index is 10.2. The first-order chi connectivity index (χ1) is 6.61. The van der Waals surface area contributed by atoms with Crippen molar-refractivity contribution in [2.45, 2.75) is 0 Å². The quantitative estimate of drug-likeness (QED) is 0.356. The van der Waals surface area contributed by atoms with E-state index in [1.807, 2.05) is 7.05 Å². The zero-order valence-corrected chi connectivity index (χ0v) is 8.76. The molecule has 0 fully saturated rings. The molecule has 15 heavy (non-hydrogen) atoms. The van der Waals surface area contributed by atoms with Crippen molar-refractivity contribution >= 4 is 0 Å². The van der Waals surface area contributed by atoms with Crippen LogP contribution in [-0.4, -0.2) is 30.6 Å². The van der Waals surface area contributed by atoms with Crippen LogP contribution in [0.4, 0.5) is 0 Å². The van der Waals surface area contributed by atoms with E-state index in [2.05, 4.69) is 0 Å². The van der Waals surface area contributed by atoms with Crippen LogP contribution in [0.5, 0.6) is 0 Å². The highest BCUT2D eigenvalue weighted by molar-refractivity contribution is 4.85. The molecule has 0 amide bonds. The van der Waals surface area contributed by atoms with Gasteiger partial charge in [-0.05, 0) is 4.92 Å². The topological polar surface area (TPSA) is 143 Å². The van der Waals surface area contributed by atoms with Crippen molar-refractivity contribution in [1.82, 2.24) is 4.90 Å². The van der Waals surface area contributed by atoms with E-state index in [9.17, 15) is 10.1 Å². The molecule has 9 nitrogen and oxygen atoms in total. The minimum absolute atomic E-state index is 0.192. The third kappa shape index (κ3) is 7.02. The molecule has 1 unspecified atom stereocenters. The first-order valence-electron chi connectivity index (χ1n) is 3.62. The second-order valence-corrected chi connectivity index (χ2v) is 3.60. The minimum atomic E-state index is -4.94. The smallest absolute Gasteiger partial charge is 0.358 e. The van der Waals surface area contributed by atoms with Crippen molar-refractivity contribution in [2.24, 2.45) is 0 Å². The summed E-state index contributed by atoms with van der Waals surface area (Å²) in [5.41, 5.74) is 0. The molecule has 0 aromatic heterocycles. The van der Waals surface area contributed by atoms with E-state index < -0.39 is 10.2 Å². The number of nitrogens with zero attached hydrogens (tertiary/aromatic N) is 2. The Morgan fingerprint density at radius 2 is 1.87 bits per heavy atom. The van der Waals surface area contributed by atoms with Crippen molar-refractivity contribution in [2.75, 3.05) is 20.8 Å². The SMILES string of the molecule is CN1C[NH+](C)C=C1[N+](=O)[O-].[O-][Cl+3]([O-])([O-])[O-]. The normalized spacial score (nSPS) is 20.5. The second-order valence-electron chi connectivity index (χ2n) is 2.84. The monoisotopic (exact) mass is 243 g/mol. The molecule has 1 heterocycles. The van der Waals surface area contributed by atoms with Gasteiger partial charge in [0.25, 0.3) is 0 Å². The maximum Gasteiger partial charge on any atom is 0.376 e. The lowest BCUT2D eigenvalue weighted by atomic mass is 10.7. The Bertz CT molecular complexity index is 258. The molecule has 0 spiro atoms. The third-order valence-electron chi connectivity index (χ3n) is 1.44. The van der Waals surface area contributed by atoms with Crippen molar-refractivity contribution in [3.05, 3.63) is 22.1 Å². The number of hydrogen-bond donors (Lipinski definition) is 1. The summed E-state index contributed by atoms with van der Waals surface area (Å²) in [4.78, 5) is 12.5. The largest absolute Gasteiger partial charge is 0.376 e. The number of quaternary nitrogens is 1. The molecule has 1 atom stereocenters. The molecular weight excluding hydrogens is 234 g/mol. The van der Waals surface area contributed by atoms with Gasteiger partial charge in [-0.1, -0.05) is 0 Å². The molecule has 0 saturated heterocycles. The van der Waals surface area contributed by atoms with E-state index >= 15 is 0 Å². The number of nitrogens with one attached hydrogen (secondary N) is 1. The first kappa shape index (κ1) is 14.0. The van der Waals surface area contributed by atoms with Crippen LogP contribution in [0.25, 0.3) is 0 Å². The summed E-state index contributed by atoms with van der Waals surface area (Å²) >= 11 is 0. The minimum Gasteiger partial charge on any atom is -0.358 e. The molecule has 1 rings (SSSR count). The predicted octanol–water partition coefficient (Wildman–Crippen LogP) is -6.28. The summed E-state index contributed by atoms with van der Waals surface area (Å²) in [6, 6.07) is 0. The van der Waals surface area contributed by atoms with Gasteiger partial charge >= 0.3 is 5.82 Å². The summed E-state index contributed by atoms with van der Waals surface area (Å²) < 4.78 is 34.0. The lowest BCUT2D eigenvalue weighted by Crippen LogP contribution is -3.03. The van der Waals surface area contributed by atoms with Gasteiger partial charge in [-0.3, -0.25) is 4.90 Å². The molecule has 1 aliphatic heterocycles. The molecule has 10 heteroatoms. The number of hydrogen-bond acceptors (Lipinski definition) is 7. The maximum absolute atomic E-state index is 10.2. The highest BCUT2D eigenvalue weighted by Crippen LogP contribution is 2.00. The van der Waals surface area contributed by atoms with Gasteiger partial charge in [-0.15, -0.1) is 10.2 Å². The van der Waals surface area contributed by atoms with Crippen molar-refractivity contribution in [1.29, 1.82) is 0 Å². The zero-order chi connectivity index (χ0) is 12.2. The van der Waals surface area contributed by atoms with E-state index in [4.69, 9.17) is 18.6 Å². The predicted molar refractivity (Wildman–Crippen MR) is 34.6 cm³/mol. The lowest BCUT2D eigenvalue weighted by molar-refractivity contribution is -2.00. The van der Waals surface area contributed by atoms with E-state index in [-0.39, 0.29) is 10.7 Å². The second kappa shape index (κ2) is 5.21. The Balaban J connectivity index is 0.000000336. The molecule has 0 aromatic rings. The fraction of sp³-hybridized carbons (Fsp3) is 0.600. The molecule has 0 aromatic carbocycles. The van der Waals surface area contributed by atoms with Gasteiger partial charge < -0.3 is 10.1 Å². The van der Waals surface area contributed by atoms with Crippen molar-refractivity contribution in [3.63, 3.8) is 0 Å². The molecule has 1 aliphatic rings.